The normalized spacial score (nSPS) is 15.2. The zero-order valence-electron chi connectivity index (χ0n) is 11.3. The fraction of sp³-hybridized carbons (Fsp3) is 0.833. The first-order chi connectivity index (χ1) is 7.96. The average Bonchev–Trinajstić information content (AvgIpc) is 2.65. The number of nitrogens with one attached hydrogen (secondary N) is 1. The molecule has 0 aliphatic rings. The van der Waals surface area contributed by atoms with Gasteiger partial charge in [0, 0.05) is 12.6 Å². The van der Waals surface area contributed by atoms with Gasteiger partial charge in [-0.1, -0.05) is 13.3 Å². The van der Waals surface area contributed by atoms with Crippen LogP contribution in [0.1, 0.15) is 52.4 Å². The fourth-order valence-corrected chi connectivity index (χ4v) is 1.90. The van der Waals surface area contributed by atoms with Crippen molar-refractivity contribution in [1.29, 1.82) is 0 Å². The second kappa shape index (κ2) is 6.12. The molecule has 1 aromatic rings. The van der Waals surface area contributed by atoms with E-state index < -0.39 is 5.60 Å². The summed E-state index contributed by atoms with van der Waals surface area (Å²) in [5.74, 6) is 0.910. The van der Waals surface area contributed by atoms with Crippen molar-refractivity contribution in [3.63, 3.8) is 0 Å². The number of nitrogens with zero attached hydrogens (tertiary/aromatic N) is 3. The van der Waals surface area contributed by atoms with E-state index in [0.29, 0.717) is 19.1 Å². The lowest BCUT2D eigenvalue weighted by molar-refractivity contribution is 0.0495. The van der Waals surface area contributed by atoms with Gasteiger partial charge in [-0.05, 0) is 27.2 Å². The summed E-state index contributed by atoms with van der Waals surface area (Å²) in [6.07, 6.45) is 3.36. The van der Waals surface area contributed by atoms with Crippen molar-refractivity contribution in [1.82, 2.24) is 20.1 Å². The van der Waals surface area contributed by atoms with Crippen LogP contribution in [0.2, 0.25) is 0 Å². The Kier molecular flexibility index (Phi) is 5.08. The highest BCUT2D eigenvalue weighted by molar-refractivity contribution is 4.87. The van der Waals surface area contributed by atoms with Crippen molar-refractivity contribution in [3.8, 4) is 0 Å². The summed E-state index contributed by atoms with van der Waals surface area (Å²) in [6, 6.07) is 0.311. The second-order valence-electron chi connectivity index (χ2n) is 5.07. The largest absolute Gasteiger partial charge is 0.389 e. The molecule has 1 aromatic heterocycles. The number of rotatable bonds is 7. The van der Waals surface area contributed by atoms with Crippen LogP contribution in [0.5, 0.6) is 0 Å². The Morgan fingerprint density at radius 2 is 2.24 bits per heavy atom. The third kappa shape index (κ3) is 4.44. The number of hydrogen-bond donors (Lipinski definition) is 2. The molecular formula is C12H24N4O. The van der Waals surface area contributed by atoms with Gasteiger partial charge >= 0.3 is 0 Å². The summed E-state index contributed by atoms with van der Waals surface area (Å²) < 4.78 is 1.89. The lowest BCUT2D eigenvalue weighted by Crippen LogP contribution is -2.37. The first-order valence-corrected chi connectivity index (χ1v) is 6.27. The third-order valence-electron chi connectivity index (χ3n) is 2.71. The smallest absolute Gasteiger partial charge is 0.141 e. The van der Waals surface area contributed by atoms with Gasteiger partial charge < -0.3 is 10.4 Å². The van der Waals surface area contributed by atoms with Crippen molar-refractivity contribution < 1.29 is 5.11 Å². The summed E-state index contributed by atoms with van der Waals surface area (Å²) in [6.45, 7) is 9.29. The molecule has 0 saturated heterocycles. The molecule has 5 heteroatoms. The Balaban J connectivity index is 2.43. The van der Waals surface area contributed by atoms with E-state index in [1.807, 2.05) is 11.6 Å². The minimum absolute atomic E-state index is 0.311. The minimum atomic E-state index is -0.641. The summed E-state index contributed by atoms with van der Waals surface area (Å²) >= 11 is 0. The van der Waals surface area contributed by atoms with E-state index in [0.717, 1.165) is 18.7 Å². The molecule has 17 heavy (non-hydrogen) atoms. The zero-order valence-corrected chi connectivity index (χ0v) is 11.3. The van der Waals surface area contributed by atoms with E-state index in [9.17, 15) is 5.11 Å². The third-order valence-corrected chi connectivity index (χ3v) is 2.71. The van der Waals surface area contributed by atoms with Crippen LogP contribution in [-0.4, -0.2) is 32.0 Å². The van der Waals surface area contributed by atoms with Gasteiger partial charge in [-0.15, -0.1) is 0 Å². The van der Waals surface area contributed by atoms with Crippen LogP contribution in [0.25, 0.3) is 0 Å². The molecule has 0 fully saturated rings. The maximum Gasteiger partial charge on any atom is 0.141 e. The number of aromatic nitrogens is 3. The average molecular weight is 240 g/mol. The van der Waals surface area contributed by atoms with E-state index in [2.05, 4.69) is 36.2 Å². The highest BCUT2D eigenvalue weighted by Crippen LogP contribution is 2.10. The molecule has 0 spiro atoms. The Morgan fingerprint density at radius 3 is 2.82 bits per heavy atom. The van der Waals surface area contributed by atoms with Gasteiger partial charge in [0.15, 0.2) is 0 Å². The molecule has 2 N–H and O–H groups in total. The van der Waals surface area contributed by atoms with Crippen LogP contribution in [0.4, 0.5) is 0 Å². The van der Waals surface area contributed by atoms with E-state index >= 15 is 0 Å². The van der Waals surface area contributed by atoms with Gasteiger partial charge in [-0.25, -0.2) is 9.67 Å². The van der Waals surface area contributed by atoms with Crippen LogP contribution >= 0.6 is 0 Å². The molecular weight excluding hydrogens is 216 g/mol. The molecule has 0 saturated carbocycles. The van der Waals surface area contributed by atoms with Gasteiger partial charge in [0.2, 0.25) is 0 Å². The van der Waals surface area contributed by atoms with Crippen molar-refractivity contribution >= 4 is 0 Å². The maximum atomic E-state index is 10.0. The molecule has 5 nitrogen and oxygen atoms in total. The molecule has 98 valence electrons. The number of aliphatic hydroxyl groups is 1. The molecule has 0 amide bonds. The Hall–Kier alpha value is -0.940. The van der Waals surface area contributed by atoms with Crippen LogP contribution < -0.4 is 5.32 Å². The highest BCUT2D eigenvalue weighted by atomic mass is 16.3. The molecule has 0 aliphatic carbocycles. The van der Waals surface area contributed by atoms with Gasteiger partial charge in [-0.3, -0.25) is 0 Å². The van der Waals surface area contributed by atoms with Gasteiger partial charge in [0.25, 0.3) is 0 Å². The highest BCUT2D eigenvalue weighted by Gasteiger charge is 2.18. The quantitative estimate of drug-likeness (QED) is 0.758. The van der Waals surface area contributed by atoms with E-state index in [1.54, 1.807) is 6.33 Å². The Bertz CT molecular complexity index is 333. The molecule has 0 aromatic carbocycles. The first kappa shape index (κ1) is 14.1. The summed E-state index contributed by atoms with van der Waals surface area (Å²) in [4.78, 5) is 4.21. The fourth-order valence-electron chi connectivity index (χ4n) is 1.90. The molecule has 1 rings (SSSR count). The minimum Gasteiger partial charge on any atom is -0.389 e. The number of hydrogen-bond acceptors (Lipinski definition) is 4. The predicted molar refractivity (Wildman–Crippen MR) is 67.6 cm³/mol. The molecule has 1 atom stereocenters. The van der Waals surface area contributed by atoms with E-state index in [4.69, 9.17) is 0 Å². The van der Waals surface area contributed by atoms with Crippen LogP contribution in [-0.2, 0) is 6.54 Å². The van der Waals surface area contributed by atoms with Crippen molar-refractivity contribution in [2.75, 3.05) is 6.54 Å². The van der Waals surface area contributed by atoms with Gasteiger partial charge in [0.05, 0.1) is 12.1 Å². The standard InChI is InChI=1S/C12H24N4O/c1-5-6-12(4,17)8-13-7-11-14-9-15-16(11)10(2)3/h9-10,13,17H,5-8H2,1-4H3. The first-order valence-electron chi connectivity index (χ1n) is 6.27. The van der Waals surface area contributed by atoms with E-state index in [-0.39, 0.29) is 0 Å². The lowest BCUT2D eigenvalue weighted by atomic mass is 10.0. The monoisotopic (exact) mass is 240 g/mol. The van der Waals surface area contributed by atoms with Crippen LogP contribution in [0.3, 0.4) is 0 Å². The van der Waals surface area contributed by atoms with Crippen molar-refractivity contribution in [2.45, 2.75) is 58.7 Å². The zero-order chi connectivity index (χ0) is 12.9. The van der Waals surface area contributed by atoms with Gasteiger partial charge in [0.1, 0.15) is 12.2 Å². The summed E-state index contributed by atoms with van der Waals surface area (Å²) in [7, 11) is 0. The maximum absolute atomic E-state index is 10.0. The Morgan fingerprint density at radius 1 is 1.53 bits per heavy atom. The summed E-state index contributed by atoms with van der Waals surface area (Å²) in [5, 5.41) is 17.4. The second-order valence-corrected chi connectivity index (χ2v) is 5.07. The Labute approximate surface area is 103 Å². The predicted octanol–water partition coefficient (Wildman–Crippen LogP) is 1.50. The summed E-state index contributed by atoms with van der Waals surface area (Å²) in [5.41, 5.74) is -0.641. The molecule has 1 unspecified atom stereocenters. The lowest BCUT2D eigenvalue weighted by Gasteiger charge is -2.23. The van der Waals surface area contributed by atoms with Crippen LogP contribution in [0, 0.1) is 0 Å². The van der Waals surface area contributed by atoms with Crippen LogP contribution in [0.15, 0.2) is 6.33 Å². The topological polar surface area (TPSA) is 63.0 Å². The van der Waals surface area contributed by atoms with E-state index in [1.165, 1.54) is 0 Å². The van der Waals surface area contributed by atoms with Gasteiger partial charge in [-0.2, -0.15) is 5.10 Å². The molecule has 0 aliphatic heterocycles. The molecule has 0 bridgehead atoms. The SMILES string of the molecule is CCCC(C)(O)CNCc1ncnn1C(C)C. The molecule has 1 heterocycles. The van der Waals surface area contributed by atoms with Crippen molar-refractivity contribution in [2.24, 2.45) is 0 Å². The molecule has 0 radical (unpaired) electrons. The van der Waals surface area contributed by atoms with Crippen molar-refractivity contribution in [3.05, 3.63) is 12.2 Å².